The number of amides is 1. The number of nitrogens with one attached hydrogen (secondary N) is 1. The Balaban J connectivity index is 3.31. The Bertz CT molecular complexity index is 881. The van der Waals surface area contributed by atoms with E-state index in [1.54, 1.807) is 20.8 Å². The molecule has 6 atom stereocenters. The van der Waals surface area contributed by atoms with Gasteiger partial charge < -0.3 is 38.5 Å². The van der Waals surface area contributed by atoms with Crippen molar-refractivity contribution in [2.24, 2.45) is 0 Å². The summed E-state index contributed by atoms with van der Waals surface area (Å²) in [6.45, 7) is 9.07. The quantitative estimate of drug-likeness (QED) is 0.302. The van der Waals surface area contributed by atoms with Crippen LogP contribution in [0.5, 0.6) is 0 Å². The lowest BCUT2D eigenvalue weighted by Gasteiger charge is -2.44. The molecule has 0 bridgehead atoms. The van der Waals surface area contributed by atoms with E-state index in [2.05, 4.69) is 5.32 Å². The van der Waals surface area contributed by atoms with Crippen molar-refractivity contribution in [1.29, 1.82) is 0 Å². The van der Waals surface area contributed by atoms with Crippen molar-refractivity contribution in [1.82, 2.24) is 5.32 Å². The lowest BCUT2D eigenvalue weighted by molar-refractivity contribution is -0.253. The van der Waals surface area contributed by atoms with Crippen LogP contribution in [0.15, 0.2) is 0 Å². The Hall–Kier alpha value is -3.42. The zero-order valence-electron chi connectivity index (χ0n) is 22.9. The van der Waals surface area contributed by atoms with Gasteiger partial charge in [0.15, 0.2) is 18.3 Å². The molecule has 0 aromatic rings. The molecule has 0 radical (unpaired) electrons. The number of esters is 5. The fourth-order valence-corrected chi connectivity index (χ4v) is 3.72. The fraction of sp³-hybridized carbons (Fsp3) is 0.750. The maximum Gasteiger partial charge on any atom is 0.408 e. The van der Waals surface area contributed by atoms with Crippen molar-refractivity contribution in [2.75, 3.05) is 13.7 Å². The molecule has 0 unspecified atom stereocenters. The molecule has 0 aromatic carbocycles. The third-order valence-electron chi connectivity index (χ3n) is 5.00. The number of methoxy groups -OCH3 is 1. The number of ether oxygens (including phenoxy) is 7. The van der Waals surface area contributed by atoms with Gasteiger partial charge in [-0.05, 0) is 33.6 Å². The third kappa shape index (κ3) is 11.3. The highest BCUT2D eigenvalue weighted by molar-refractivity contribution is 5.81. The molecule has 1 aliphatic rings. The van der Waals surface area contributed by atoms with Gasteiger partial charge in [-0.1, -0.05) is 0 Å². The summed E-state index contributed by atoms with van der Waals surface area (Å²) in [6.07, 6.45) is -7.09. The van der Waals surface area contributed by atoms with Crippen LogP contribution in [0.4, 0.5) is 4.79 Å². The van der Waals surface area contributed by atoms with Gasteiger partial charge in [-0.2, -0.15) is 0 Å². The summed E-state index contributed by atoms with van der Waals surface area (Å²) in [6, 6.07) is -1.18. The van der Waals surface area contributed by atoms with Crippen LogP contribution in [0.25, 0.3) is 0 Å². The van der Waals surface area contributed by atoms with Gasteiger partial charge in [0, 0.05) is 27.7 Å². The molecule has 216 valence electrons. The minimum Gasteiger partial charge on any atom is -0.467 e. The van der Waals surface area contributed by atoms with Crippen molar-refractivity contribution >= 4 is 35.9 Å². The molecule has 0 spiro atoms. The summed E-state index contributed by atoms with van der Waals surface area (Å²) >= 11 is 0. The minimum atomic E-state index is -1.34. The first-order valence-corrected chi connectivity index (χ1v) is 11.9. The van der Waals surface area contributed by atoms with Gasteiger partial charge in [-0.15, -0.1) is 0 Å². The number of hydrogen-bond acceptors (Lipinski definition) is 13. The van der Waals surface area contributed by atoms with Crippen LogP contribution in [-0.2, 0) is 57.1 Å². The molecular formula is C24H37NO13. The second-order valence-electron chi connectivity index (χ2n) is 9.54. The number of alkyl carbamates (subject to hydrolysis) is 1. The third-order valence-corrected chi connectivity index (χ3v) is 5.00. The summed E-state index contributed by atoms with van der Waals surface area (Å²) in [5.74, 6) is -3.70. The molecule has 38 heavy (non-hydrogen) atoms. The molecule has 0 saturated carbocycles. The lowest BCUT2D eigenvalue weighted by atomic mass is 9.91. The topological polar surface area (TPSA) is 179 Å². The molecule has 14 heteroatoms. The van der Waals surface area contributed by atoms with E-state index in [9.17, 15) is 28.8 Å². The van der Waals surface area contributed by atoms with E-state index in [0.29, 0.717) is 0 Å². The molecule has 1 aliphatic heterocycles. The van der Waals surface area contributed by atoms with Gasteiger partial charge in [0.1, 0.15) is 24.4 Å². The first-order chi connectivity index (χ1) is 17.5. The van der Waals surface area contributed by atoms with Crippen LogP contribution in [0.2, 0.25) is 0 Å². The average molecular weight is 548 g/mol. The smallest absolute Gasteiger partial charge is 0.408 e. The van der Waals surface area contributed by atoms with Crippen LogP contribution >= 0.6 is 0 Å². The number of carbonyl (C=O) groups excluding carboxylic acids is 6. The van der Waals surface area contributed by atoms with Gasteiger partial charge in [0.05, 0.1) is 13.2 Å². The molecule has 1 N–H and O–H groups in total. The molecule has 14 nitrogen and oxygen atoms in total. The van der Waals surface area contributed by atoms with E-state index in [1.807, 2.05) is 0 Å². The monoisotopic (exact) mass is 547 g/mol. The Kier molecular flexibility index (Phi) is 12.4. The van der Waals surface area contributed by atoms with Crippen molar-refractivity contribution in [3.63, 3.8) is 0 Å². The highest BCUT2D eigenvalue weighted by Gasteiger charge is 2.52. The van der Waals surface area contributed by atoms with Gasteiger partial charge in [-0.25, -0.2) is 9.59 Å². The van der Waals surface area contributed by atoms with Crippen LogP contribution in [-0.4, -0.2) is 91.8 Å². The van der Waals surface area contributed by atoms with Gasteiger partial charge in [0.25, 0.3) is 0 Å². The van der Waals surface area contributed by atoms with Crippen molar-refractivity contribution in [3.8, 4) is 0 Å². The fourth-order valence-electron chi connectivity index (χ4n) is 3.72. The zero-order valence-corrected chi connectivity index (χ0v) is 22.9. The number of hydrogen-bond donors (Lipinski definition) is 1. The zero-order chi connectivity index (χ0) is 29.2. The van der Waals surface area contributed by atoms with E-state index < -0.39 is 78.1 Å². The molecule has 0 aromatic heterocycles. The highest BCUT2D eigenvalue weighted by atomic mass is 16.7. The number of carbonyl (C=O) groups is 6. The summed E-state index contributed by atoms with van der Waals surface area (Å²) in [5.41, 5.74) is -0.829. The van der Waals surface area contributed by atoms with Crippen molar-refractivity contribution in [2.45, 2.75) is 103 Å². The van der Waals surface area contributed by atoms with Gasteiger partial charge in [0.2, 0.25) is 0 Å². The van der Waals surface area contributed by atoms with Gasteiger partial charge >= 0.3 is 35.9 Å². The maximum absolute atomic E-state index is 12.4. The van der Waals surface area contributed by atoms with E-state index in [4.69, 9.17) is 33.2 Å². The molecule has 1 heterocycles. The normalized spacial score (nSPS) is 23.7. The lowest BCUT2D eigenvalue weighted by Crippen LogP contribution is -2.62. The van der Waals surface area contributed by atoms with E-state index in [1.165, 1.54) is 0 Å². The highest BCUT2D eigenvalue weighted by Crippen LogP contribution is 2.31. The predicted molar refractivity (Wildman–Crippen MR) is 126 cm³/mol. The Labute approximate surface area is 220 Å². The SMILES string of the molecule is COC(=O)[C@@H](CC[C@@H]1O[C@H](COC(C)=O)[C@H](OC(C)=O)[C@H](OC(C)=O)[C@H]1OC(C)=O)NC(=O)OC(C)(C)C. The van der Waals surface area contributed by atoms with E-state index in [0.717, 1.165) is 34.8 Å². The van der Waals surface area contributed by atoms with Crippen molar-refractivity contribution < 1.29 is 61.9 Å². The molecule has 1 amide bonds. The molecule has 1 fully saturated rings. The first kappa shape index (κ1) is 32.6. The Morgan fingerprint density at radius 2 is 1.29 bits per heavy atom. The average Bonchev–Trinajstić information content (AvgIpc) is 2.75. The first-order valence-electron chi connectivity index (χ1n) is 11.9. The molecule has 1 rings (SSSR count). The Morgan fingerprint density at radius 3 is 1.74 bits per heavy atom. The standard InChI is InChI=1S/C24H37NO13/c1-12(26)33-11-18-20(35-14(3)28)21(36-15(4)29)19(34-13(2)27)17(37-18)10-9-16(22(30)32-8)25-23(31)38-24(5,6)7/h16-21H,9-11H2,1-8H3,(H,25,31)/t16-,17+,18-,19+,20+,21-/m1/s1. The van der Waals surface area contributed by atoms with E-state index in [-0.39, 0.29) is 19.4 Å². The largest absolute Gasteiger partial charge is 0.467 e. The van der Waals surface area contributed by atoms with Crippen LogP contribution < -0.4 is 5.32 Å². The Morgan fingerprint density at radius 1 is 0.789 bits per heavy atom. The second-order valence-corrected chi connectivity index (χ2v) is 9.54. The van der Waals surface area contributed by atoms with E-state index >= 15 is 0 Å². The number of rotatable bonds is 10. The van der Waals surface area contributed by atoms with Crippen molar-refractivity contribution in [3.05, 3.63) is 0 Å². The molecule has 1 saturated heterocycles. The van der Waals surface area contributed by atoms with Crippen LogP contribution in [0, 0.1) is 0 Å². The maximum atomic E-state index is 12.4. The van der Waals surface area contributed by atoms with Crippen LogP contribution in [0.1, 0.15) is 61.3 Å². The molecular weight excluding hydrogens is 510 g/mol. The summed E-state index contributed by atoms with van der Waals surface area (Å²) < 4.78 is 37.1. The van der Waals surface area contributed by atoms with Crippen LogP contribution in [0.3, 0.4) is 0 Å². The summed E-state index contributed by atoms with van der Waals surface area (Å²) in [5, 5.41) is 2.43. The van der Waals surface area contributed by atoms with Gasteiger partial charge in [-0.3, -0.25) is 19.2 Å². The summed E-state index contributed by atoms with van der Waals surface area (Å²) in [7, 11) is 1.14. The summed E-state index contributed by atoms with van der Waals surface area (Å²) in [4.78, 5) is 71.8. The predicted octanol–water partition coefficient (Wildman–Crippen LogP) is 0.959. The molecule has 0 aliphatic carbocycles. The second kappa shape index (κ2) is 14.5. The minimum absolute atomic E-state index is 0.0470.